The van der Waals surface area contributed by atoms with Crippen LogP contribution in [0.3, 0.4) is 0 Å². The zero-order chi connectivity index (χ0) is 17.4. The van der Waals surface area contributed by atoms with Crippen LogP contribution in [0.2, 0.25) is 10.0 Å². The van der Waals surface area contributed by atoms with Gasteiger partial charge in [-0.15, -0.1) is 0 Å². The maximum atomic E-state index is 12.4. The molecule has 1 amide bonds. The molecule has 3 rings (SSSR count). The maximum Gasteiger partial charge on any atom is 0.276 e. The van der Waals surface area contributed by atoms with E-state index in [-0.39, 0.29) is 5.91 Å². The van der Waals surface area contributed by atoms with Crippen molar-refractivity contribution in [3.63, 3.8) is 0 Å². The standard InChI is InChI=1S/C17H14Cl2N2O2S/c1-3-21-16(22)14(20(2)17(21)24)9-11-5-7-15(23-11)12-6-4-10(18)8-13(12)19/h4-9H,3H2,1-2H3/b14-9-. The van der Waals surface area contributed by atoms with Crippen molar-refractivity contribution >= 4 is 52.5 Å². The normalized spacial score (nSPS) is 16.6. The minimum atomic E-state index is -0.132. The van der Waals surface area contributed by atoms with E-state index in [2.05, 4.69) is 0 Å². The third-order valence-corrected chi connectivity index (χ3v) is 4.80. The Morgan fingerprint density at radius 3 is 2.62 bits per heavy atom. The van der Waals surface area contributed by atoms with Crippen LogP contribution in [0.1, 0.15) is 12.7 Å². The molecule has 1 aliphatic heterocycles. The minimum Gasteiger partial charge on any atom is -0.457 e. The van der Waals surface area contributed by atoms with E-state index in [1.54, 1.807) is 53.3 Å². The predicted molar refractivity (Wildman–Crippen MR) is 99.9 cm³/mol. The van der Waals surface area contributed by atoms with Crippen molar-refractivity contribution in [1.82, 2.24) is 9.80 Å². The molecule has 2 heterocycles. The highest BCUT2D eigenvalue weighted by Gasteiger charge is 2.34. The fraction of sp³-hybridized carbons (Fsp3) is 0.176. The smallest absolute Gasteiger partial charge is 0.276 e. The summed E-state index contributed by atoms with van der Waals surface area (Å²) in [5.41, 5.74) is 1.22. The lowest BCUT2D eigenvalue weighted by Gasteiger charge is -2.13. The second kappa shape index (κ2) is 6.59. The van der Waals surface area contributed by atoms with Gasteiger partial charge in [0.1, 0.15) is 17.2 Å². The predicted octanol–water partition coefficient (Wildman–Crippen LogP) is 4.67. The molecule has 1 aromatic carbocycles. The summed E-state index contributed by atoms with van der Waals surface area (Å²) in [6, 6.07) is 8.78. The summed E-state index contributed by atoms with van der Waals surface area (Å²) >= 11 is 17.4. The third kappa shape index (κ3) is 2.95. The largest absolute Gasteiger partial charge is 0.457 e. The molecular formula is C17H14Cl2N2O2S. The Labute approximate surface area is 155 Å². The Bertz CT molecular complexity index is 860. The van der Waals surface area contributed by atoms with Gasteiger partial charge in [0.2, 0.25) is 0 Å². The fourth-order valence-corrected chi connectivity index (χ4v) is 3.30. The maximum absolute atomic E-state index is 12.4. The number of hydrogen-bond acceptors (Lipinski definition) is 3. The first-order valence-corrected chi connectivity index (χ1v) is 8.45. The molecule has 2 aromatic rings. The zero-order valence-corrected chi connectivity index (χ0v) is 15.4. The summed E-state index contributed by atoms with van der Waals surface area (Å²) in [6.07, 6.45) is 1.68. The van der Waals surface area contributed by atoms with E-state index in [1.165, 1.54) is 0 Å². The van der Waals surface area contributed by atoms with Crippen molar-refractivity contribution < 1.29 is 9.21 Å². The molecule has 0 spiro atoms. The molecule has 4 nitrogen and oxygen atoms in total. The Morgan fingerprint density at radius 1 is 1.25 bits per heavy atom. The van der Waals surface area contributed by atoms with Gasteiger partial charge in [-0.05, 0) is 49.5 Å². The summed E-state index contributed by atoms with van der Waals surface area (Å²) in [5, 5.41) is 1.55. The molecule has 0 atom stereocenters. The van der Waals surface area contributed by atoms with Gasteiger partial charge < -0.3 is 9.32 Å². The van der Waals surface area contributed by atoms with E-state index in [0.29, 0.717) is 38.9 Å². The number of carbonyl (C=O) groups excluding carboxylic acids is 1. The topological polar surface area (TPSA) is 36.7 Å². The monoisotopic (exact) mass is 380 g/mol. The van der Waals surface area contributed by atoms with Gasteiger partial charge in [0, 0.05) is 30.3 Å². The summed E-state index contributed by atoms with van der Waals surface area (Å²) in [7, 11) is 1.77. The Balaban J connectivity index is 1.94. The van der Waals surface area contributed by atoms with E-state index < -0.39 is 0 Å². The third-order valence-electron chi connectivity index (χ3n) is 3.76. The number of amides is 1. The first kappa shape index (κ1) is 17.0. The quantitative estimate of drug-likeness (QED) is 0.572. The zero-order valence-electron chi connectivity index (χ0n) is 13.0. The van der Waals surface area contributed by atoms with Crippen LogP contribution in [0.15, 0.2) is 40.4 Å². The molecule has 0 N–H and O–H groups in total. The summed E-state index contributed by atoms with van der Waals surface area (Å²) in [6.45, 7) is 2.41. The molecule has 7 heteroatoms. The molecule has 1 fully saturated rings. The number of hydrogen-bond donors (Lipinski definition) is 0. The lowest BCUT2D eigenvalue weighted by atomic mass is 10.2. The van der Waals surface area contributed by atoms with Crippen LogP contribution in [0.25, 0.3) is 17.4 Å². The lowest BCUT2D eigenvalue weighted by Crippen LogP contribution is -2.30. The van der Waals surface area contributed by atoms with Crippen LogP contribution in [-0.4, -0.2) is 34.4 Å². The van der Waals surface area contributed by atoms with Crippen LogP contribution in [0, 0.1) is 0 Å². The molecule has 124 valence electrons. The molecule has 0 radical (unpaired) electrons. The molecular weight excluding hydrogens is 367 g/mol. The molecule has 1 aromatic heterocycles. The first-order chi connectivity index (χ1) is 11.4. The Kier molecular flexibility index (Phi) is 4.67. The van der Waals surface area contributed by atoms with Gasteiger partial charge in [0.25, 0.3) is 5.91 Å². The van der Waals surface area contributed by atoms with Crippen molar-refractivity contribution in [1.29, 1.82) is 0 Å². The van der Waals surface area contributed by atoms with Crippen molar-refractivity contribution in [3.05, 3.63) is 51.8 Å². The van der Waals surface area contributed by atoms with Crippen molar-refractivity contribution in [2.24, 2.45) is 0 Å². The SMILES string of the molecule is CCN1C(=O)/C(=C/c2ccc(-c3ccc(Cl)cc3Cl)o2)N(C)C1=S. The molecule has 1 saturated heterocycles. The average Bonchev–Trinajstić information content (AvgIpc) is 3.07. The number of furan rings is 1. The van der Waals surface area contributed by atoms with Crippen LogP contribution in [0.4, 0.5) is 0 Å². The van der Waals surface area contributed by atoms with E-state index in [0.717, 1.165) is 5.56 Å². The highest BCUT2D eigenvalue weighted by molar-refractivity contribution is 7.80. The van der Waals surface area contributed by atoms with Gasteiger partial charge in [-0.1, -0.05) is 23.2 Å². The molecule has 0 aliphatic carbocycles. The van der Waals surface area contributed by atoms with Crippen molar-refractivity contribution in [2.75, 3.05) is 13.6 Å². The van der Waals surface area contributed by atoms with E-state index in [9.17, 15) is 4.79 Å². The summed E-state index contributed by atoms with van der Waals surface area (Å²) < 4.78 is 5.81. The second-order valence-corrected chi connectivity index (χ2v) is 6.46. The van der Waals surface area contributed by atoms with E-state index in [1.807, 2.05) is 6.92 Å². The number of carbonyl (C=O) groups is 1. The van der Waals surface area contributed by atoms with Gasteiger partial charge in [-0.25, -0.2) is 0 Å². The van der Waals surface area contributed by atoms with Gasteiger partial charge in [-0.2, -0.15) is 0 Å². The van der Waals surface area contributed by atoms with Crippen LogP contribution in [0.5, 0.6) is 0 Å². The van der Waals surface area contributed by atoms with Crippen molar-refractivity contribution in [3.8, 4) is 11.3 Å². The van der Waals surface area contributed by atoms with Crippen LogP contribution >= 0.6 is 35.4 Å². The average molecular weight is 381 g/mol. The molecule has 1 aliphatic rings. The Hall–Kier alpha value is -1.82. The first-order valence-electron chi connectivity index (χ1n) is 7.29. The van der Waals surface area contributed by atoms with Gasteiger partial charge in [0.15, 0.2) is 5.11 Å². The number of thiocarbonyl (C=S) groups is 1. The fourth-order valence-electron chi connectivity index (χ4n) is 2.49. The van der Waals surface area contributed by atoms with Crippen LogP contribution in [-0.2, 0) is 4.79 Å². The highest BCUT2D eigenvalue weighted by Crippen LogP contribution is 2.32. The molecule has 0 unspecified atom stereocenters. The number of nitrogens with zero attached hydrogens (tertiary/aromatic N) is 2. The number of halogens is 2. The van der Waals surface area contributed by atoms with Gasteiger partial charge in [-0.3, -0.25) is 9.69 Å². The Morgan fingerprint density at radius 2 is 2.00 bits per heavy atom. The summed E-state index contributed by atoms with van der Waals surface area (Å²) in [4.78, 5) is 15.6. The van der Waals surface area contributed by atoms with Crippen molar-refractivity contribution in [2.45, 2.75) is 6.92 Å². The number of rotatable bonds is 3. The van der Waals surface area contributed by atoms with E-state index >= 15 is 0 Å². The number of benzene rings is 1. The van der Waals surface area contributed by atoms with E-state index in [4.69, 9.17) is 39.8 Å². The molecule has 0 bridgehead atoms. The second-order valence-electron chi connectivity index (χ2n) is 5.25. The highest BCUT2D eigenvalue weighted by atomic mass is 35.5. The van der Waals surface area contributed by atoms with Gasteiger partial charge in [0.05, 0.1) is 5.02 Å². The molecule has 24 heavy (non-hydrogen) atoms. The molecule has 0 saturated carbocycles. The summed E-state index contributed by atoms with van der Waals surface area (Å²) in [5.74, 6) is 1.02. The van der Waals surface area contributed by atoms with Crippen LogP contribution < -0.4 is 0 Å². The number of likely N-dealkylation sites (N-methyl/N-ethyl adjacent to an activating group) is 2. The lowest BCUT2D eigenvalue weighted by molar-refractivity contribution is -0.122. The minimum absolute atomic E-state index is 0.132. The van der Waals surface area contributed by atoms with Gasteiger partial charge >= 0.3 is 0 Å².